The lowest BCUT2D eigenvalue weighted by molar-refractivity contribution is 0.127. The maximum atomic E-state index is 5.95. The van der Waals surface area contributed by atoms with Gasteiger partial charge in [0, 0.05) is 18.1 Å². The molecule has 0 saturated carbocycles. The summed E-state index contributed by atoms with van der Waals surface area (Å²) < 4.78 is 0. The van der Waals surface area contributed by atoms with Gasteiger partial charge in [0.1, 0.15) is 0 Å². The van der Waals surface area contributed by atoms with Gasteiger partial charge in [-0.15, -0.1) is 0 Å². The van der Waals surface area contributed by atoms with E-state index in [-0.39, 0.29) is 5.54 Å². The molecule has 1 aromatic carbocycles. The smallest absolute Gasteiger partial charge is 0.0574 e. The van der Waals surface area contributed by atoms with E-state index in [4.69, 9.17) is 5.73 Å². The summed E-state index contributed by atoms with van der Waals surface area (Å²) in [5, 5.41) is 3.49. The first-order valence-electron chi connectivity index (χ1n) is 6.83. The molecule has 3 heteroatoms. The molecular weight excluding hydrogens is 222 g/mol. The number of nitrogens with two attached hydrogens (primary N) is 1. The van der Waals surface area contributed by atoms with Crippen molar-refractivity contribution in [1.29, 1.82) is 0 Å². The van der Waals surface area contributed by atoms with E-state index >= 15 is 0 Å². The SMILES string of the molecule is CC(C)(C)N1CCCC1CNc1ccccc1N. The zero-order chi connectivity index (χ0) is 13.2. The zero-order valence-corrected chi connectivity index (χ0v) is 11.7. The summed E-state index contributed by atoms with van der Waals surface area (Å²) in [6.07, 6.45) is 2.57. The van der Waals surface area contributed by atoms with Crippen LogP contribution in [0.3, 0.4) is 0 Å². The summed E-state index contributed by atoms with van der Waals surface area (Å²) >= 11 is 0. The average Bonchev–Trinajstić information content (AvgIpc) is 2.76. The van der Waals surface area contributed by atoms with Gasteiger partial charge in [0.2, 0.25) is 0 Å². The standard InChI is InChI=1S/C15H25N3/c1-15(2,3)18-10-6-7-12(18)11-17-14-9-5-4-8-13(14)16/h4-5,8-9,12,17H,6-7,10-11,16H2,1-3H3. The maximum absolute atomic E-state index is 5.95. The molecular formula is C15H25N3. The van der Waals surface area contributed by atoms with Crippen molar-refractivity contribution in [3.05, 3.63) is 24.3 Å². The first kappa shape index (κ1) is 13.2. The molecule has 1 aliphatic heterocycles. The average molecular weight is 247 g/mol. The van der Waals surface area contributed by atoms with E-state index in [2.05, 4.69) is 31.0 Å². The molecule has 3 N–H and O–H groups in total. The van der Waals surface area contributed by atoms with Crippen LogP contribution in [0.2, 0.25) is 0 Å². The number of likely N-dealkylation sites (tertiary alicyclic amines) is 1. The lowest BCUT2D eigenvalue weighted by atomic mass is 10.0. The van der Waals surface area contributed by atoms with Crippen molar-refractivity contribution in [3.63, 3.8) is 0 Å². The van der Waals surface area contributed by atoms with Gasteiger partial charge in [-0.05, 0) is 52.3 Å². The second-order valence-electron chi connectivity index (χ2n) is 6.13. The molecule has 1 aromatic rings. The maximum Gasteiger partial charge on any atom is 0.0574 e. The molecule has 0 amide bonds. The van der Waals surface area contributed by atoms with Crippen LogP contribution in [-0.2, 0) is 0 Å². The number of nitrogen functional groups attached to an aromatic ring is 1. The van der Waals surface area contributed by atoms with Crippen molar-refractivity contribution in [2.75, 3.05) is 24.1 Å². The quantitative estimate of drug-likeness (QED) is 0.807. The Morgan fingerprint density at radius 3 is 2.72 bits per heavy atom. The molecule has 2 rings (SSSR count). The van der Waals surface area contributed by atoms with Crippen LogP contribution in [0.15, 0.2) is 24.3 Å². The van der Waals surface area contributed by atoms with Crippen LogP contribution in [0.1, 0.15) is 33.6 Å². The fraction of sp³-hybridized carbons (Fsp3) is 0.600. The summed E-state index contributed by atoms with van der Waals surface area (Å²) in [4.78, 5) is 2.60. The van der Waals surface area contributed by atoms with E-state index in [0.717, 1.165) is 17.9 Å². The van der Waals surface area contributed by atoms with Gasteiger partial charge in [0.15, 0.2) is 0 Å². The summed E-state index contributed by atoms with van der Waals surface area (Å²) in [6, 6.07) is 8.60. The number of rotatable bonds is 3. The van der Waals surface area contributed by atoms with Gasteiger partial charge < -0.3 is 11.1 Å². The highest BCUT2D eigenvalue weighted by molar-refractivity contribution is 5.65. The van der Waals surface area contributed by atoms with Crippen molar-refractivity contribution in [2.45, 2.75) is 45.2 Å². The first-order chi connectivity index (χ1) is 8.48. The predicted molar refractivity (Wildman–Crippen MR) is 78.8 cm³/mol. The Bertz CT molecular complexity index is 395. The monoisotopic (exact) mass is 247 g/mol. The summed E-state index contributed by atoms with van der Waals surface area (Å²) in [6.45, 7) is 9.07. The Kier molecular flexibility index (Phi) is 3.81. The number of nitrogens with zero attached hydrogens (tertiary/aromatic N) is 1. The Hall–Kier alpha value is -1.22. The van der Waals surface area contributed by atoms with Gasteiger partial charge in [-0.25, -0.2) is 0 Å². The Morgan fingerprint density at radius 2 is 2.06 bits per heavy atom. The minimum absolute atomic E-state index is 0.255. The van der Waals surface area contributed by atoms with Gasteiger partial charge in [-0.3, -0.25) is 4.90 Å². The summed E-state index contributed by atoms with van der Waals surface area (Å²) in [5.74, 6) is 0. The highest BCUT2D eigenvalue weighted by Crippen LogP contribution is 2.27. The lowest BCUT2D eigenvalue weighted by Gasteiger charge is -2.37. The number of hydrogen-bond acceptors (Lipinski definition) is 3. The summed E-state index contributed by atoms with van der Waals surface area (Å²) in [5.41, 5.74) is 8.09. The highest BCUT2D eigenvalue weighted by atomic mass is 15.2. The third-order valence-corrected chi connectivity index (χ3v) is 3.73. The van der Waals surface area contributed by atoms with Gasteiger partial charge >= 0.3 is 0 Å². The molecule has 100 valence electrons. The number of hydrogen-bond donors (Lipinski definition) is 2. The molecule has 0 radical (unpaired) electrons. The molecule has 1 heterocycles. The minimum atomic E-state index is 0.255. The summed E-state index contributed by atoms with van der Waals surface area (Å²) in [7, 11) is 0. The van der Waals surface area contributed by atoms with Crippen LogP contribution in [0.25, 0.3) is 0 Å². The normalized spacial score (nSPS) is 21.2. The lowest BCUT2D eigenvalue weighted by Crippen LogP contribution is -2.47. The van der Waals surface area contributed by atoms with Crippen LogP contribution in [0.4, 0.5) is 11.4 Å². The number of nitrogens with one attached hydrogen (secondary N) is 1. The third kappa shape index (κ3) is 2.96. The van der Waals surface area contributed by atoms with Crippen molar-refractivity contribution >= 4 is 11.4 Å². The van der Waals surface area contributed by atoms with Crippen molar-refractivity contribution in [2.24, 2.45) is 0 Å². The third-order valence-electron chi connectivity index (χ3n) is 3.73. The fourth-order valence-corrected chi connectivity index (χ4v) is 2.82. The second kappa shape index (κ2) is 5.19. The van der Waals surface area contributed by atoms with Gasteiger partial charge in [-0.2, -0.15) is 0 Å². The van der Waals surface area contributed by atoms with Crippen molar-refractivity contribution < 1.29 is 0 Å². The van der Waals surface area contributed by atoms with Crippen LogP contribution >= 0.6 is 0 Å². The molecule has 3 nitrogen and oxygen atoms in total. The molecule has 1 saturated heterocycles. The Labute approximate surface area is 110 Å². The Morgan fingerprint density at radius 1 is 1.33 bits per heavy atom. The van der Waals surface area contributed by atoms with Crippen LogP contribution in [0.5, 0.6) is 0 Å². The molecule has 1 unspecified atom stereocenters. The molecule has 0 aromatic heterocycles. The van der Waals surface area contributed by atoms with Crippen LogP contribution in [-0.4, -0.2) is 29.6 Å². The number of para-hydroxylation sites is 2. The van der Waals surface area contributed by atoms with Gasteiger partial charge in [-0.1, -0.05) is 12.1 Å². The highest BCUT2D eigenvalue weighted by Gasteiger charge is 2.32. The van der Waals surface area contributed by atoms with Gasteiger partial charge in [0.25, 0.3) is 0 Å². The van der Waals surface area contributed by atoms with E-state index in [1.807, 2.05) is 24.3 Å². The van der Waals surface area contributed by atoms with Crippen LogP contribution < -0.4 is 11.1 Å². The van der Waals surface area contributed by atoms with E-state index in [0.29, 0.717) is 6.04 Å². The fourth-order valence-electron chi connectivity index (χ4n) is 2.82. The largest absolute Gasteiger partial charge is 0.397 e. The molecule has 1 atom stereocenters. The van der Waals surface area contributed by atoms with E-state index in [9.17, 15) is 0 Å². The predicted octanol–water partition coefficient (Wildman–Crippen LogP) is 2.94. The van der Waals surface area contributed by atoms with E-state index < -0.39 is 0 Å². The van der Waals surface area contributed by atoms with E-state index in [1.165, 1.54) is 19.4 Å². The molecule has 0 aliphatic carbocycles. The molecule has 0 bridgehead atoms. The van der Waals surface area contributed by atoms with Crippen molar-refractivity contribution in [3.8, 4) is 0 Å². The molecule has 1 aliphatic rings. The second-order valence-corrected chi connectivity index (χ2v) is 6.13. The number of benzene rings is 1. The Balaban J connectivity index is 1.96. The number of anilines is 2. The molecule has 1 fully saturated rings. The molecule has 0 spiro atoms. The van der Waals surface area contributed by atoms with Crippen LogP contribution in [0, 0.1) is 0 Å². The topological polar surface area (TPSA) is 41.3 Å². The minimum Gasteiger partial charge on any atom is -0.397 e. The van der Waals surface area contributed by atoms with Crippen molar-refractivity contribution in [1.82, 2.24) is 4.90 Å². The van der Waals surface area contributed by atoms with E-state index in [1.54, 1.807) is 0 Å². The van der Waals surface area contributed by atoms with Gasteiger partial charge in [0.05, 0.1) is 11.4 Å². The first-order valence-corrected chi connectivity index (χ1v) is 6.83. The zero-order valence-electron chi connectivity index (χ0n) is 11.7. The molecule has 18 heavy (non-hydrogen) atoms.